The first-order valence-electron chi connectivity index (χ1n) is 7.61. The van der Waals surface area contributed by atoms with Crippen LogP contribution in [0.5, 0.6) is 0 Å². The molecule has 0 amide bonds. The van der Waals surface area contributed by atoms with Crippen LogP contribution >= 0.6 is 0 Å². The SMILES string of the molecule is CC1CCCC(N2CCCC(CC(=O)O)C2)CC1. The zero-order chi connectivity index (χ0) is 13.0. The molecule has 3 nitrogen and oxygen atoms in total. The number of hydrogen-bond donors (Lipinski definition) is 1. The van der Waals surface area contributed by atoms with Crippen molar-refractivity contribution >= 4 is 5.97 Å². The number of rotatable bonds is 3. The first-order chi connectivity index (χ1) is 8.65. The number of likely N-dealkylation sites (tertiary alicyclic amines) is 1. The molecule has 1 aliphatic heterocycles. The Morgan fingerprint density at radius 1 is 1.17 bits per heavy atom. The molecule has 0 aromatic carbocycles. The predicted molar refractivity (Wildman–Crippen MR) is 72.6 cm³/mol. The summed E-state index contributed by atoms with van der Waals surface area (Å²) in [5.41, 5.74) is 0. The van der Waals surface area contributed by atoms with E-state index < -0.39 is 5.97 Å². The molecule has 18 heavy (non-hydrogen) atoms. The molecule has 1 saturated carbocycles. The molecular formula is C15H27NO2. The Kier molecular flexibility index (Phi) is 5.04. The highest BCUT2D eigenvalue weighted by atomic mass is 16.4. The number of hydrogen-bond acceptors (Lipinski definition) is 2. The molecule has 1 N–H and O–H groups in total. The zero-order valence-electron chi connectivity index (χ0n) is 11.6. The minimum absolute atomic E-state index is 0.361. The molecule has 104 valence electrons. The van der Waals surface area contributed by atoms with Crippen LogP contribution in [0, 0.1) is 11.8 Å². The number of carboxylic acid groups (broad SMARTS) is 1. The lowest BCUT2D eigenvalue weighted by molar-refractivity contribution is -0.138. The molecule has 3 unspecified atom stereocenters. The third-order valence-electron chi connectivity index (χ3n) is 4.76. The summed E-state index contributed by atoms with van der Waals surface area (Å²) in [6, 6.07) is 0.728. The lowest BCUT2D eigenvalue weighted by Crippen LogP contribution is -2.43. The van der Waals surface area contributed by atoms with Crippen molar-refractivity contribution in [1.82, 2.24) is 4.90 Å². The standard InChI is InChI=1S/C15H27NO2/c1-12-4-2-6-14(8-7-12)16-9-3-5-13(11-16)10-15(17)18/h12-14H,2-11H2,1H3,(H,17,18). The maximum atomic E-state index is 10.8. The summed E-state index contributed by atoms with van der Waals surface area (Å²) in [7, 11) is 0. The van der Waals surface area contributed by atoms with E-state index in [0.29, 0.717) is 12.3 Å². The lowest BCUT2D eigenvalue weighted by Gasteiger charge is -2.37. The molecule has 0 bridgehead atoms. The van der Waals surface area contributed by atoms with E-state index in [4.69, 9.17) is 5.11 Å². The number of carboxylic acids is 1. The summed E-state index contributed by atoms with van der Waals surface area (Å²) in [6.07, 6.45) is 9.38. The number of aliphatic carboxylic acids is 1. The van der Waals surface area contributed by atoms with Crippen molar-refractivity contribution < 1.29 is 9.90 Å². The fourth-order valence-electron chi connectivity index (χ4n) is 3.68. The van der Waals surface area contributed by atoms with E-state index in [2.05, 4.69) is 11.8 Å². The molecule has 1 heterocycles. The molecule has 2 fully saturated rings. The Labute approximate surface area is 111 Å². The van der Waals surface area contributed by atoms with Crippen LogP contribution in [0.3, 0.4) is 0 Å². The van der Waals surface area contributed by atoms with Crippen molar-refractivity contribution in [3.63, 3.8) is 0 Å². The van der Waals surface area contributed by atoms with Crippen LogP contribution in [0.4, 0.5) is 0 Å². The van der Waals surface area contributed by atoms with E-state index in [1.165, 1.54) is 45.1 Å². The third-order valence-corrected chi connectivity index (χ3v) is 4.76. The molecule has 1 aliphatic carbocycles. The highest BCUT2D eigenvalue weighted by Crippen LogP contribution is 2.29. The smallest absolute Gasteiger partial charge is 0.303 e. The van der Waals surface area contributed by atoms with Gasteiger partial charge < -0.3 is 10.0 Å². The van der Waals surface area contributed by atoms with Gasteiger partial charge >= 0.3 is 5.97 Å². The van der Waals surface area contributed by atoms with E-state index in [9.17, 15) is 4.79 Å². The van der Waals surface area contributed by atoms with E-state index in [1.807, 2.05) is 0 Å². The van der Waals surface area contributed by atoms with E-state index >= 15 is 0 Å². The molecule has 0 aromatic rings. The zero-order valence-corrected chi connectivity index (χ0v) is 11.6. The van der Waals surface area contributed by atoms with Crippen LogP contribution in [0.1, 0.15) is 58.3 Å². The fraction of sp³-hybridized carbons (Fsp3) is 0.933. The van der Waals surface area contributed by atoms with Gasteiger partial charge in [0.15, 0.2) is 0 Å². The molecule has 0 radical (unpaired) electrons. The van der Waals surface area contributed by atoms with Crippen LogP contribution < -0.4 is 0 Å². The topological polar surface area (TPSA) is 40.5 Å². The van der Waals surface area contributed by atoms with Crippen LogP contribution in [0.15, 0.2) is 0 Å². The monoisotopic (exact) mass is 253 g/mol. The van der Waals surface area contributed by atoms with Gasteiger partial charge in [0.1, 0.15) is 0 Å². The minimum Gasteiger partial charge on any atom is -0.481 e. The third kappa shape index (κ3) is 3.98. The minimum atomic E-state index is -0.628. The van der Waals surface area contributed by atoms with Crippen molar-refractivity contribution in [1.29, 1.82) is 0 Å². The molecule has 1 saturated heterocycles. The van der Waals surface area contributed by atoms with Gasteiger partial charge in [-0.2, -0.15) is 0 Å². The van der Waals surface area contributed by atoms with Crippen molar-refractivity contribution in [2.75, 3.05) is 13.1 Å². The Hall–Kier alpha value is -0.570. The van der Waals surface area contributed by atoms with Crippen LogP contribution in [-0.4, -0.2) is 35.1 Å². The summed E-state index contributed by atoms with van der Waals surface area (Å²) in [5, 5.41) is 8.92. The Morgan fingerprint density at radius 3 is 2.78 bits per heavy atom. The first kappa shape index (κ1) is 13.9. The summed E-state index contributed by atoms with van der Waals surface area (Å²) < 4.78 is 0. The van der Waals surface area contributed by atoms with Gasteiger partial charge in [0.05, 0.1) is 0 Å². The Balaban J connectivity index is 1.85. The second-order valence-electron chi connectivity index (χ2n) is 6.37. The van der Waals surface area contributed by atoms with Gasteiger partial charge in [-0.1, -0.05) is 19.8 Å². The van der Waals surface area contributed by atoms with Gasteiger partial charge in [0, 0.05) is 19.0 Å². The largest absolute Gasteiger partial charge is 0.481 e. The van der Waals surface area contributed by atoms with Crippen molar-refractivity contribution in [2.24, 2.45) is 11.8 Å². The van der Waals surface area contributed by atoms with E-state index in [0.717, 1.165) is 24.9 Å². The van der Waals surface area contributed by atoms with E-state index in [1.54, 1.807) is 0 Å². The molecular weight excluding hydrogens is 226 g/mol. The quantitative estimate of drug-likeness (QED) is 0.786. The summed E-state index contributed by atoms with van der Waals surface area (Å²) in [6.45, 7) is 4.58. The number of piperidine rings is 1. The average molecular weight is 253 g/mol. The van der Waals surface area contributed by atoms with Gasteiger partial charge in [-0.05, 0) is 50.5 Å². The molecule has 2 aliphatic rings. The maximum absolute atomic E-state index is 10.8. The fourth-order valence-corrected chi connectivity index (χ4v) is 3.68. The Bertz CT molecular complexity index is 280. The molecule has 3 heteroatoms. The second-order valence-corrected chi connectivity index (χ2v) is 6.37. The highest BCUT2D eigenvalue weighted by Gasteiger charge is 2.28. The molecule has 0 aromatic heterocycles. The highest BCUT2D eigenvalue weighted by molar-refractivity contribution is 5.67. The van der Waals surface area contributed by atoms with Gasteiger partial charge in [-0.25, -0.2) is 0 Å². The van der Waals surface area contributed by atoms with E-state index in [-0.39, 0.29) is 0 Å². The normalized spacial score (nSPS) is 35.1. The summed E-state index contributed by atoms with van der Waals surface area (Å²) >= 11 is 0. The molecule has 2 rings (SSSR count). The van der Waals surface area contributed by atoms with Crippen LogP contribution in [-0.2, 0) is 4.79 Å². The second kappa shape index (κ2) is 6.55. The van der Waals surface area contributed by atoms with Crippen molar-refractivity contribution in [2.45, 2.75) is 64.3 Å². The van der Waals surface area contributed by atoms with Crippen LogP contribution in [0.25, 0.3) is 0 Å². The van der Waals surface area contributed by atoms with Crippen molar-refractivity contribution in [3.8, 4) is 0 Å². The maximum Gasteiger partial charge on any atom is 0.303 e. The van der Waals surface area contributed by atoms with Crippen LogP contribution in [0.2, 0.25) is 0 Å². The summed E-state index contributed by atoms with van der Waals surface area (Å²) in [5.74, 6) is 0.642. The average Bonchev–Trinajstić information content (AvgIpc) is 2.53. The van der Waals surface area contributed by atoms with Gasteiger partial charge in [0.2, 0.25) is 0 Å². The first-order valence-corrected chi connectivity index (χ1v) is 7.61. The predicted octanol–water partition coefficient (Wildman–Crippen LogP) is 3.14. The Morgan fingerprint density at radius 2 is 2.00 bits per heavy atom. The number of nitrogens with zero attached hydrogens (tertiary/aromatic N) is 1. The van der Waals surface area contributed by atoms with Gasteiger partial charge in [-0.3, -0.25) is 4.79 Å². The van der Waals surface area contributed by atoms with Gasteiger partial charge in [-0.15, -0.1) is 0 Å². The summed E-state index contributed by atoms with van der Waals surface area (Å²) in [4.78, 5) is 13.4. The molecule has 3 atom stereocenters. The van der Waals surface area contributed by atoms with Gasteiger partial charge in [0.25, 0.3) is 0 Å². The molecule has 0 spiro atoms. The number of carbonyl (C=O) groups is 1. The lowest BCUT2D eigenvalue weighted by atomic mass is 9.92. The van der Waals surface area contributed by atoms with Crippen molar-refractivity contribution in [3.05, 3.63) is 0 Å².